The molecule has 0 bridgehead atoms. The van der Waals surface area contributed by atoms with Gasteiger partial charge < -0.3 is 29.0 Å². The number of hydrogen-bond donors (Lipinski definition) is 1. The quantitative estimate of drug-likeness (QED) is 0.336. The summed E-state index contributed by atoms with van der Waals surface area (Å²) < 4.78 is 26.3. The first kappa shape index (κ1) is 27.3. The zero-order chi connectivity index (χ0) is 23.4. The summed E-state index contributed by atoms with van der Waals surface area (Å²) in [5.74, 6) is -3.15. The minimum Gasteiger partial charge on any atom is -0.462 e. The van der Waals surface area contributed by atoms with Crippen LogP contribution in [0.25, 0.3) is 0 Å². The van der Waals surface area contributed by atoms with E-state index >= 15 is 0 Å². The molecule has 0 unspecified atom stereocenters. The van der Waals surface area contributed by atoms with E-state index in [2.05, 4.69) is 5.32 Å². The molecule has 0 saturated carbocycles. The Bertz CT molecular complexity index is 620. The molecular weight excluding hydrogens is 402 g/mol. The molecule has 1 amide bonds. The summed E-state index contributed by atoms with van der Waals surface area (Å²) in [5.41, 5.74) is 0. The molecule has 0 fully saturated rings. The fraction of sp³-hybridized carbons (Fsp3) is 0.737. The van der Waals surface area contributed by atoms with E-state index in [9.17, 15) is 24.0 Å². The summed E-state index contributed by atoms with van der Waals surface area (Å²) in [6.45, 7) is 7.18. The molecule has 11 heteroatoms. The van der Waals surface area contributed by atoms with Gasteiger partial charge in [-0.15, -0.1) is 0 Å². The van der Waals surface area contributed by atoms with Crippen LogP contribution >= 0.6 is 0 Å². The Hall–Kier alpha value is -2.69. The van der Waals surface area contributed by atoms with Crippen LogP contribution in [0.2, 0.25) is 0 Å². The number of methoxy groups -OCH3 is 1. The molecule has 11 nitrogen and oxygen atoms in total. The third-order valence-electron chi connectivity index (χ3n) is 3.88. The van der Waals surface area contributed by atoms with Gasteiger partial charge in [0.2, 0.25) is 5.91 Å². The predicted molar refractivity (Wildman–Crippen MR) is 102 cm³/mol. The van der Waals surface area contributed by atoms with Crippen LogP contribution in [0, 0.1) is 0 Å². The van der Waals surface area contributed by atoms with Crippen molar-refractivity contribution in [3.63, 3.8) is 0 Å². The average molecular weight is 433 g/mol. The van der Waals surface area contributed by atoms with E-state index in [4.69, 9.17) is 23.7 Å². The predicted octanol–water partition coefficient (Wildman–Crippen LogP) is 0.274. The van der Waals surface area contributed by atoms with E-state index in [1.807, 2.05) is 0 Å². The molecule has 0 rings (SSSR count). The Morgan fingerprint density at radius 1 is 0.733 bits per heavy atom. The fourth-order valence-electron chi connectivity index (χ4n) is 2.88. The zero-order valence-corrected chi connectivity index (χ0v) is 18.4. The first-order chi connectivity index (χ1) is 13.9. The highest BCUT2D eigenvalue weighted by Gasteiger charge is 2.44. The van der Waals surface area contributed by atoms with Gasteiger partial charge in [-0.3, -0.25) is 24.0 Å². The van der Waals surface area contributed by atoms with E-state index in [1.54, 1.807) is 6.92 Å². The third-order valence-corrected chi connectivity index (χ3v) is 3.88. The fourth-order valence-corrected chi connectivity index (χ4v) is 2.88. The molecule has 0 aromatic rings. The van der Waals surface area contributed by atoms with Gasteiger partial charge >= 0.3 is 23.9 Å². The van der Waals surface area contributed by atoms with Gasteiger partial charge in [-0.2, -0.15) is 0 Å². The smallest absolute Gasteiger partial charge is 0.303 e. The number of rotatable bonds is 12. The third kappa shape index (κ3) is 10.2. The van der Waals surface area contributed by atoms with Gasteiger partial charge in [-0.05, 0) is 6.42 Å². The Labute approximate surface area is 175 Å². The minimum absolute atomic E-state index is 0.291. The van der Waals surface area contributed by atoms with Gasteiger partial charge in [0.1, 0.15) is 18.8 Å². The number of ether oxygens (including phenoxy) is 5. The molecule has 30 heavy (non-hydrogen) atoms. The summed E-state index contributed by atoms with van der Waals surface area (Å²) in [5, 5.41) is 2.63. The second-order valence-corrected chi connectivity index (χ2v) is 6.51. The van der Waals surface area contributed by atoms with E-state index in [-0.39, 0.29) is 0 Å². The lowest BCUT2D eigenvalue weighted by atomic mass is 9.94. The molecule has 0 heterocycles. The maximum Gasteiger partial charge on any atom is 0.303 e. The second kappa shape index (κ2) is 13.5. The van der Waals surface area contributed by atoms with Crippen LogP contribution in [-0.4, -0.2) is 74.0 Å². The molecule has 0 aliphatic carbocycles. The van der Waals surface area contributed by atoms with Crippen LogP contribution in [0.15, 0.2) is 0 Å². The van der Waals surface area contributed by atoms with Gasteiger partial charge in [0.05, 0.1) is 6.04 Å². The van der Waals surface area contributed by atoms with Crippen molar-refractivity contribution in [2.45, 2.75) is 78.4 Å². The van der Waals surface area contributed by atoms with Crippen molar-refractivity contribution in [2.75, 3.05) is 13.7 Å². The van der Waals surface area contributed by atoms with Gasteiger partial charge in [-0.25, -0.2) is 0 Å². The molecule has 0 aromatic heterocycles. The molecule has 0 aliphatic heterocycles. The van der Waals surface area contributed by atoms with Crippen LogP contribution in [0.3, 0.4) is 0 Å². The Kier molecular flexibility index (Phi) is 12.3. The summed E-state index contributed by atoms with van der Waals surface area (Å²) in [7, 11) is 1.28. The van der Waals surface area contributed by atoms with Crippen molar-refractivity contribution < 1.29 is 47.7 Å². The summed E-state index contributed by atoms with van der Waals surface area (Å²) in [6.07, 6.45) is -4.22. The maximum atomic E-state index is 11.8. The number of carbonyl (C=O) groups excluding carboxylic acids is 5. The minimum atomic E-state index is -1.29. The largest absolute Gasteiger partial charge is 0.462 e. The highest BCUT2D eigenvalue weighted by Crippen LogP contribution is 2.21. The summed E-state index contributed by atoms with van der Waals surface area (Å²) in [6, 6.07) is -0.971. The van der Waals surface area contributed by atoms with E-state index in [1.165, 1.54) is 21.0 Å². The summed E-state index contributed by atoms with van der Waals surface area (Å²) >= 11 is 0. The van der Waals surface area contributed by atoms with Crippen LogP contribution in [0.1, 0.15) is 48.0 Å². The molecule has 0 aliphatic rings. The number of carbonyl (C=O) groups is 5. The van der Waals surface area contributed by atoms with Crippen LogP contribution in [0.5, 0.6) is 0 Å². The molecule has 0 spiro atoms. The standard InChI is InChI=1S/C19H31NO10/c1-8-15(28-12(4)23)17(20-10(2)21)19(26-7)18(30-14(6)25)16(29-13(5)24)9-27-11(3)22/h15-19H,8-9H2,1-7H3,(H,20,21)/t15-,16+,17+,18+,19+/m0/s1. The van der Waals surface area contributed by atoms with Crippen molar-refractivity contribution >= 4 is 29.8 Å². The first-order valence-electron chi connectivity index (χ1n) is 9.37. The molecule has 5 atom stereocenters. The lowest BCUT2D eigenvalue weighted by molar-refractivity contribution is -0.190. The van der Waals surface area contributed by atoms with Crippen molar-refractivity contribution in [3.05, 3.63) is 0 Å². The lowest BCUT2D eigenvalue weighted by Gasteiger charge is -2.38. The van der Waals surface area contributed by atoms with Crippen LogP contribution < -0.4 is 5.32 Å². The van der Waals surface area contributed by atoms with Gasteiger partial charge in [0, 0.05) is 41.7 Å². The van der Waals surface area contributed by atoms with Crippen molar-refractivity contribution in [1.29, 1.82) is 0 Å². The van der Waals surface area contributed by atoms with Crippen molar-refractivity contribution in [3.8, 4) is 0 Å². The number of nitrogens with one attached hydrogen (secondary N) is 1. The molecule has 1 N–H and O–H groups in total. The second-order valence-electron chi connectivity index (χ2n) is 6.51. The van der Waals surface area contributed by atoms with E-state index < -0.39 is 66.8 Å². The van der Waals surface area contributed by atoms with Gasteiger partial charge in [0.25, 0.3) is 0 Å². The normalized spacial score (nSPS) is 15.6. The maximum absolute atomic E-state index is 11.8. The Balaban J connectivity index is 6.21. The van der Waals surface area contributed by atoms with E-state index in [0.29, 0.717) is 6.42 Å². The number of amides is 1. The van der Waals surface area contributed by atoms with Gasteiger partial charge in [-0.1, -0.05) is 6.92 Å². The highest BCUT2D eigenvalue weighted by atomic mass is 16.6. The van der Waals surface area contributed by atoms with Crippen LogP contribution in [0.4, 0.5) is 0 Å². The van der Waals surface area contributed by atoms with Crippen LogP contribution in [-0.2, 0) is 47.7 Å². The molecule has 0 saturated heterocycles. The monoisotopic (exact) mass is 433 g/mol. The topological polar surface area (TPSA) is 144 Å². The Morgan fingerprint density at radius 3 is 1.60 bits per heavy atom. The van der Waals surface area contributed by atoms with Crippen molar-refractivity contribution in [1.82, 2.24) is 5.32 Å². The van der Waals surface area contributed by atoms with E-state index in [0.717, 1.165) is 20.8 Å². The Morgan fingerprint density at radius 2 is 1.23 bits per heavy atom. The molecule has 0 radical (unpaired) electrons. The molecule has 172 valence electrons. The first-order valence-corrected chi connectivity index (χ1v) is 9.37. The number of esters is 4. The van der Waals surface area contributed by atoms with Gasteiger partial charge in [0.15, 0.2) is 12.2 Å². The lowest BCUT2D eigenvalue weighted by Crippen LogP contribution is -2.60. The molecule has 0 aromatic carbocycles. The zero-order valence-electron chi connectivity index (χ0n) is 18.4. The number of hydrogen-bond acceptors (Lipinski definition) is 10. The average Bonchev–Trinajstić information content (AvgIpc) is 2.60. The van der Waals surface area contributed by atoms with Crippen molar-refractivity contribution in [2.24, 2.45) is 0 Å². The molecular formula is C19H31NO10. The highest BCUT2D eigenvalue weighted by molar-refractivity contribution is 5.73. The summed E-state index contributed by atoms with van der Waals surface area (Å²) in [4.78, 5) is 58.0. The SMILES string of the molecule is CC[C@H](OC(C)=O)[C@@H](NC(C)=O)[C@@H](OC)[C@H](OC(C)=O)[C@@H](COC(C)=O)OC(C)=O.